The Kier molecular flexibility index (Phi) is 2.19. The average molecular weight is 256 g/mol. The monoisotopic (exact) mass is 256 g/mol. The highest BCUT2D eigenvalue weighted by Gasteiger charge is 2.69. The van der Waals surface area contributed by atoms with Crippen LogP contribution in [-0.4, -0.2) is 35.4 Å². The van der Waals surface area contributed by atoms with E-state index in [4.69, 9.17) is 0 Å². The van der Waals surface area contributed by atoms with E-state index in [-0.39, 0.29) is 0 Å². The van der Waals surface area contributed by atoms with Crippen molar-refractivity contribution in [3.8, 4) is 0 Å². The van der Waals surface area contributed by atoms with Crippen LogP contribution in [0.5, 0.6) is 0 Å². The number of alkyl halides is 4. The Hall–Kier alpha value is -0.350. The highest BCUT2D eigenvalue weighted by Crippen LogP contribution is 2.44. The molecule has 0 aromatic carbocycles. The molecule has 0 aliphatic carbocycles. The van der Waals surface area contributed by atoms with Crippen LogP contribution >= 0.6 is 0 Å². The normalized spacial score (nSPS) is 39.1. The van der Waals surface area contributed by atoms with Crippen LogP contribution in [0.2, 0.25) is 0 Å². The highest BCUT2D eigenvalue weighted by atomic mass is 32.3. The first-order valence-corrected chi connectivity index (χ1v) is 6.20. The van der Waals surface area contributed by atoms with Crippen LogP contribution in [-0.2, 0) is 23.6 Å². The molecular weight excluding hydrogens is 252 g/mol. The highest BCUT2D eigenvalue weighted by molar-refractivity contribution is 8.06. The number of hydrogen-bond donors (Lipinski definition) is 0. The molecule has 0 spiro atoms. The molecule has 1 aliphatic heterocycles. The summed E-state index contributed by atoms with van der Waals surface area (Å²) in [5, 5.41) is -5.09. The van der Waals surface area contributed by atoms with E-state index >= 15 is 0 Å². The Morgan fingerprint density at radius 2 is 1.57 bits per heavy atom. The second-order valence-corrected chi connectivity index (χ2v) is 6.30. The lowest BCUT2D eigenvalue weighted by Gasteiger charge is -2.32. The molecule has 1 aliphatic rings. The van der Waals surface area contributed by atoms with Crippen LogP contribution in [0, 0.1) is 0 Å². The van der Waals surface area contributed by atoms with E-state index in [1.807, 2.05) is 0 Å². The average Bonchev–Trinajstić information content (AvgIpc) is 1.77. The van der Waals surface area contributed by atoms with Crippen molar-refractivity contribution >= 4 is 25.8 Å². The van der Waals surface area contributed by atoms with E-state index in [9.17, 15) is 30.2 Å². The first kappa shape index (κ1) is 11.7. The van der Waals surface area contributed by atoms with Crippen LogP contribution in [0.15, 0.2) is 0 Å². The summed E-state index contributed by atoms with van der Waals surface area (Å²) in [5.41, 5.74) is 0. The molecule has 1 atom stereocenters. The molecular formula is C4H4F4O4S2. The summed E-state index contributed by atoms with van der Waals surface area (Å²) in [4.78, 5) is 0. The van der Waals surface area contributed by atoms with E-state index in [0.717, 1.165) is 0 Å². The minimum atomic E-state index is -5.15. The molecule has 1 saturated heterocycles. The molecule has 0 bridgehead atoms. The second-order valence-electron chi connectivity index (χ2n) is 2.61. The molecule has 0 aromatic rings. The fourth-order valence-electron chi connectivity index (χ4n) is 0.768. The third-order valence-electron chi connectivity index (χ3n) is 1.39. The molecule has 0 aromatic heterocycles. The van der Waals surface area contributed by atoms with Gasteiger partial charge in [0.15, 0.2) is 9.80 Å². The molecule has 14 heavy (non-hydrogen) atoms. The van der Waals surface area contributed by atoms with E-state index in [1.165, 1.54) is 0 Å². The van der Waals surface area contributed by atoms with Gasteiger partial charge in [-0.1, -0.05) is 0 Å². The predicted molar refractivity (Wildman–Crippen MR) is 40.0 cm³/mol. The van der Waals surface area contributed by atoms with Gasteiger partial charge in [0.1, 0.15) is 5.75 Å². The van der Waals surface area contributed by atoms with Gasteiger partial charge in [-0.3, -0.25) is 0 Å². The summed E-state index contributed by atoms with van der Waals surface area (Å²) < 4.78 is 85.5. The zero-order chi connectivity index (χ0) is 11.4. The summed E-state index contributed by atoms with van der Waals surface area (Å²) in [6, 6.07) is 0. The molecule has 0 saturated carbocycles. The Morgan fingerprint density at radius 1 is 1.14 bits per heavy atom. The summed E-state index contributed by atoms with van der Waals surface area (Å²) >= 11 is 0. The van der Waals surface area contributed by atoms with Gasteiger partial charge >= 0.3 is 11.2 Å². The Labute approximate surface area is 77.2 Å². The molecule has 0 N–H and O–H groups in total. The Balaban J connectivity index is 3.43. The maximum Gasteiger partial charge on any atom is 0.399 e. The predicted octanol–water partition coefficient (Wildman–Crippen LogP) is 0.206. The fraction of sp³-hybridized carbons (Fsp3) is 0.750. The molecule has 84 valence electrons. The largest absolute Gasteiger partial charge is 0.399 e. The lowest BCUT2D eigenvalue weighted by molar-refractivity contribution is -0.145. The Morgan fingerprint density at radius 3 is 1.93 bits per heavy atom. The van der Waals surface area contributed by atoms with Crippen LogP contribution in [0.25, 0.3) is 0 Å². The van der Waals surface area contributed by atoms with Gasteiger partial charge in [-0.25, -0.2) is 4.21 Å². The second kappa shape index (κ2) is 2.61. The fourth-order valence-corrected chi connectivity index (χ4v) is 3.89. The van der Waals surface area contributed by atoms with Gasteiger partial charge < -0.3 is 0 Å². The first-order valence-electron chi connectivity index (χ1n) is 2.97. The maximum absolute atomic E-state index is 12.6. The van der Waals surface area contributed by atoms with E-state index in [1.54, 1.807) is 0 Å². The van der Waals surface area contributed by atoms with Crippen LogP contribution in [0.1, 0.15) is 0 Å². The van der Waals surface area contributed by atoms with E-state index in [0.29, 0.717) is 0 Å². The molecule has 0 radical (unpaired) electrons. The lowest BCUT2D eigenvalue weighted by Crippen LogP contribution is -2.56. The van der Waals surface area contributed by atoms with Gasteiger partial charge in [0.2, 0.25) is 0 Å². The quantitative estimate of drug-likeness (QED) is 0.459. The van der Waals surface area contributed by atoms with Crippen molar-refractivity contribution in [1.82, 2.24) is 0 Å². The van der Waals surface area contributed by atoms with E-state index < -0.39 is 36.9 Å². The number of hydrogen-bond acceptors (Lipinski definition) is 4. The molecule has 1 heterocycles. The molecule has 10 heteroatoms. The molecule has 4 nitrogen and oxygen atoms in total. The van der Waals surface area contributed by atoms with Crippen molar-refractivity contribution in [2.75, 3.05) is 5.75 Å². The number of rotatable bonds is 0. The number of halogens is 4. The molecule has 1 fully saturated rings. The minimum absolute atomic E-state index is 2.17. The van der Waals surface area contributed by atoms with Crippen molar-refractivity contribution in [1.29, 1.82) is 0 Å². The standard InChI is InChI=1S/C4H4F4O4S2/c1-13(9)4(7,8)3(5,6)2-14(10,11)12-13/h1-2H2. The molecule has 1 unspecified atom stereocenters. The summed E-state index contributed by atoms with van der Waals surface area (Å²) in [7, 11) is -10.1. The third kappa shape index (κ3) is 1.50. The van der Waals surface area contributed by atoms with Gasteiger partial charge in [0.25, 0.3) is 10.1 Å². The van der Waals surface area contributed by atoms with Gasteiger partial charge in [-0.05, 0) is 5.87 Å². The topological polar surface area (TPSA) is 60.4 Å². The van der Waals surface area contributed by atoms with Crippen LogP contribution in [0.3, 0.4) is 0 Å². The van der Waals surface area contributed by atoms with Gasteiger partial charge in [-0.15, -0.1) is 0 Å². The van der Waals surface area contributed by atoms with Crippen molar-refractivity contribution in [3.63, 3.8) is 0 Å². The van der Waals surface area contributed by atoms with Gasteiger partial charge in [0, 0.05) is 0 Å². The minimum Gasteiger partial charge on any atom is -0.233 e. The summed E-state index contributed by atoms with van der Waals surface area (Å²) in [6.07, 6.45) is 0. The van der Waals surface area contributed by atoms with Crippen molar-refractivity contribution in [2.45, 2.75) is 11.2 Å². The maximum atomic E-state index is 12.6. The third-order valence-corrected chi connectivity index (χ3v) is 4.89. The van der Waals surface area contributed by atoms with E-state index in [2.05, 4.69) is 9.50 Å². The van der Waals surface area contributed by atoms with Crippen molar-refractivity contribution < 1.29 is 33.8 Å². The first-order chi connectivity index (χ1) is 5.91. The smallest absolute Gasteiger partial charge is 0.233 e. The molecule has 0 amide bonds. The van der Waals surface area contributed by atoms with Crippen LogP contribution in [0.4, 0.5) is 17.6 Å². The Bertz CT molecular complexity index is 448. The molecule has 1 rings (SSSR count). The SMILES string of the molecule is C=S1(=O)OS(=O)(=O)CC(F)(F)C1(F)F. The zero-order valence-electron chi connectivity index (χ0n) is 6.38. The van der Waals surface area contributed by atoms with Crippen molar-refractivity contribution in [2.24, 2.45) is 0 Å². The lowest BCUT2D eigenvalue weighted by atomic mass is 10.4. The van der Waals surface area contributed by atoms with Crippen molar-refractivity contribution in [3.05, 3.63) is 0 Å². The van der Waals surface area contributed by atoms with Gasteiger partial charge in [-0.2, -0.15) is 29.6 Å². The summed E-state index contributed by atoms with van der Waals surface area (Å²) in [5.74, 6) is -4.98. The summed E-state index contributed by atoms with van der Waals surface area (Å²) in [6.45, 7) is 0. The van der Waals surface area contributed by atoms with Crippen LogP contribution < -0.4 is 0 Å². The zero-order valence-corrected chi connectivity index (χ0v) is 8.01. The van der Waals surface area contributed by atoms with Gasteiger partial charge in [0.05, 0.1) is 0 Å².